The lowest BCUT2D eigenvalue weighted by atomic mass is 10.0. The van der Waals surface area contributed by atoms with Crippen molar-refractivity contribution in [3.05, 3.63) is 64.9 Å². The van der Waals surface area contributed by atoms with Crippen molar-refractivity contribution in [3.8, 4) is 11.3 Å². The highest BCUT2D eigenvalue weighted by Gasteiger charge is 2.34. The molecule has 0 saturated carbocycles. The Kier molecular flexibility index (Phi) is 4.34. The molecule has 4 rings (SSSR count). The Balaban J connectivity index is 1.77. The largest absolute Gasteiger partial charge is 0.417 e. The molecule has 0 aliphatic rings. The van der Waals surface area contributed by atoms with Gasteiger partial charge in [0.15, 0.2) is 10.8 Å². The van der Waals surface area contributed by atoms with E-state index >= 15 is 0 Å². The van der Waals surface area contributed by atoms with Gasteiger partial charge in [0.1, 0.15) is 5.69 Å². The summed E-state index contributed by atoms with van der Waals surface area (Å²) in [5, 5.41) is 7.28. The van der Waals surface area contributed by atoms with Crippen LogP contribution in [0.25, 0.3) is 16.9 Å². The maximum absolute atomic E-state index is 13.3. The molecule has 0 aliphatic carbocycles. The van der Waals surface area contributed by atoms with Crippen LogP contribution in [-0.2, 0) is 6.18 Å². The first-order valence-corrected chi connectivity index (χ1v) is 8.90. The Hall–Kier alpha value is -3.27. The summed E-state index contributed by atoms with van der Waals surface area (Å²) < 4.78 is 41.2. The maximum atomic E-state index is 13.3. The van der Waals surface area contributed by atoms with E-state index in [-0.39, 0.29) is 22.6 Å². The SMILES string of the molecule is Cc1cnc(NC(=O)c2ccnc3cc(-c4ccccc4C(F)(F)F)nn23)s1. The van der Waals surface area contributed by atoms with Crippen molar-refractivity contribution in [1.29, 1.82) is 0 Å². The molecule has 6 nitrogen and oxygen atoms in total. The smallest absolute Gasteiger partial charge is 0.296 e. The number of fused-ring (bicyclic) bond motifs is 1. The third-order valence-electron chi connectivity index (χ3n) is 3.94. The zero-order valence-corrected chi connectivity index (χ0v) is 15.2. The number of carbonyl (C=O) groups is 1. The molecule has 0 aliphatic heterocycles. The number of rotatable bonds is 3. The van der Waals surface area contributed by atoms with Crippen LogP contribution >= 0.6 is 11.3 Å². The first-order chi connectivity index (χ1) is 13.3. The van der Waals surface area contributed by atoms with E-state index in [4.69, 9.17) is 0 Å². The van der Waals surface area contributed by atoms with E-state index in [2.05, 4.69) is 20.4 Å². The van der Waals surface area contributed by atoms with Crippen LogP contribution in [-0.4, -0.2) is 25.5 Å². The molecule has 0 saturated heterocycles. The fourth-order valence-electron chi connectivity index (χ4n) is 2.73. The number of aryl methyl sites for hydroxylation is 1. The van der Waals surface area contributed by atoms with E-state index in [1.807, 2.05) is 6.92 Å². The standard InChI is InChI=1S/C18H12F3N5OS/c1-10-9-23-17(28-10)24-16(27)14-6-7-22-15-8-13(25-26(14)15)11-4-2-3-5-12(11)18(19,20)21/h2-9H,1H3,(H,23,24,27). The number of amides is 1. The van der Waals surface area contributed by atoms with E-state index < -0.39 is 17.6 Å². The summed E-state index contributed by atoms with van der Waals surface area (Å²) in [6.45, 7) is 1.86. The fourth-order valence-corrected chi connectivity index (χ4v) is 3.39. The number of hydrogen-bond donors (Lipinski definition) is 1. The number of nitrogens with zero attached hydrogens (tertiary/aromatic N) is 4. The minimum Gasteiger partial charge on any atom is -0.296 e. The van der Waals surface area contributed by atoms with Gasteiger partial charge in [-0.05, 0) is 19.1 Å². The number of halogens is 3. The monoisotopic (exact) mass is 403 g/mol. The zero-order valence-electron chi connectivity index (χ0n) is 14.4. The Morgan fingerprint density at radius 1 is 1.18 bits per heavy atom. The molecule has 1 aromatic carbocycles. The summed E-state index contributed by atoms with van der Waals surface area (Å²) in [6.07, 6.45) is -1.50. The van der Waals surface area contributed by atoms with Gasteiger partial charge < -0.3 is 0 Å². The number of alkyl halides is 3. The lowest BCUT2D eigenvalue weighted by molar-refractivity contribution is -0.137. The van der Waals surface area contributed by atoms with Crippen molar-refractivity contribution in [2.24, 2.45) is 0 Å². The van der Waals surface area contributed by atoms with Crippen LogP contribution in [0.4, 0.5) is 18.3 Å². The highest BCUT2D eigenvalue weighted by molar-refractivity contribution is 7.15. The van der Waals surface area contributed by atoms with Crippen LogP contribution in [0.3, 0.4) is 0 Å². The minimum absolute atomic E-state index is 0.0748. The molecule has 1 N–H and O–H groups in total. The summed E-state index contributed by atoms with van der Waals surface area (Å²) in [5.41, 5.74) is -0.417. The summed E-state index contributed by atoms with van der Waals surface area (Å²) >= 11 is 1.31. The number of thiazole rings is 1. The lowest BCUT2D eigenvalue weighted by Gasteiger charge is -2.10. The molecule has 1 amide bonds. The number of hydrogen-bond acceptors (Lipinski definition) is 5. The molecule has 4 aromatic rings. The van der Waals surface area contributed by atoms with Crippen LogP contribution in [0.2, 0.25) is 0 Å². The normalized spacial score (nSPS) is 11.7. The van der Waals surface area contributed by atoms with Gasteiger partial charge in [-0.25, -0.2) is 14.5 Å². The average Bonchev–Trinajstić information content (AvgIpc) is 3.26. The van der Waals surface area contributed by atoms with Crippen molar-refractivity contribution in [1.82, 2.24) is 19.6 Å². The van der Waals surface area contributed by atoms with Crippen LogP contribution in [0.15, 0.2) is 48.8 Å². The molecule has 0 radical (unpaired) electrons. The Bertz CT molecular complexity index is 1180. The van der Waals surface area contributed by atoms with E-state index in [1.165, 1.54) is 52.4 Å². The van der Waals surface area contributed by atoms with E-state index in [1.54, 1.807) is 6.20 Å². The molecule has 3 heterocycles. The molecule has 0 spiro atoms. The van der Waals surface area contributed by atoms with Crippen molar-refractivity contribution in [2.45, 2.75) is 13.1 Å². The van der Waals surface area contributed by atoms with Crippen LogP contribution in [0.5, 0.6) is 0 Å². The molecule has 142 valence electrons. The van der Waals surface area contributed by atoms with E-state index in [0.717, 1.165) is 10.9 Å². The summed E-state index contributed by atoms with van der Waals surface area (Å²) in [6, 6.07) is 7.99. The van der Waals surface area contributed by atoms with Crippen molar-refractivity contribution in [3.63, 3.8) is 0 Å². The molecule has 10 heteroatoms. The maximum Gasteiger partial charge on any atom is 0.417 e. The predicted molar refractivity (Wildman–Crippen MR) is 98.2 cm³/mol. The van der Waals surface area contributed by atoms with Crippen molar-refractivity contribution in [2.75, 3.05) is 5.32 Å². The van der Waals surface area contributed by atoms with Gasteiger partial charge in [-0.3, -0.25) is 10.1 Å². The number of carbonyl (C=O) groups excluding carboxylic acids is 1. The number of nitrogens with one attached hydrogen (secondary N) is 1. The Labute approximate surface area is 160 Å². The summed E-state index contributed by atoms with van der Waals surface area (Å²) in [5.74, 6) is -0.486. The lowest BCUT2D eigenvalue weighted by Crippen LogP contribution is -2.16. The molecule has 0 bridgehead atoms. The first kappa shape index (κ1) is 18.1. The minimum atomic E-state index is -4.53. The predicted octanol–water partition coefficient (Wildman–Crippen LogP) is 4.43. The zero-order chi connectivity index (χ0) is 19.9. The average molecular weight is 403 g/mol. The molecular weight excluding hydrogens is 391 g/mol. The van der Waals surface area contributed by atoms with Crippen molar-refractivity contribution < 1.29 is 18.0 Å². The highest BCUT2D eigenvalue weighted by Crippen LogP contribution is 2.36. The van der Waals surface area contributed by atoms with Gasteiger partial charge in [0.25, 0.3) is 5.91 Å². The number of aromatic nitrogens is 4. The van der Waals surface area contributed by atoms with Gasteiger partial charge in [0.05, 0.1) is 11.3 Å². The molecule has 0 fully saturated rings. The Morgan fingerprint density at radius 3 is 2.68 bits per heavy atom. The first-order valence-electron chi connectivity index (χ1n) is 8.08. The van der Waals surface area contributed by atoms with Gasteiger partial charge in [0.2, 0.25) is 0 Å². The Morgan fingerprint density at radius 2 is 1.96 bits per heavy atom. The number of anilines is 1. The number of benzene rings is 1. The van der Waals surface area contributed by atoms with Crippen molar-refractivity contribution >= 4 is 28.0 Å². The van der Waals surface area contributed by atoms with Gasteiger partial charge in [-0.15, -0.1) is 11.3 Å². The summed E-state index contributed by atoms with van der Waals surface area (Å²) in [4.78, 5) is 21.7. The van der Waals surface area contributed by atoms with Gasteiger partial charge >= 0.3 is 6.18 Å². The third-order valence-corrected chi connectivity index (χ3v) is 4.77. The summed E-state index contributed by atoms with van der Waals surface area (Å²) in [7, 11) is 0. The van der Waals surface area contributed by atoms with E-state index in [0.29, 0.717) is 5.13 Å². The second-order valence-corrected chi connectivity index (χ2v) is 7.14. The quantitative estimate of drug-likeness (QED) is 0.549. The highest BCUT2D eigenvalue weighted by atomic mass is 32.1. The molecule has 0 atom stereocenters. The molecule has 28 heavy (non-hydrogen) atoms. The molecule has 0 unspecified atom stereocenters. The third kappa shape index (κ3) is 3.33. The second-order valence-electron chi connectivity index (χ2n) is 5.90. The van der Waals surface area contributed by atoms with Gasteiger partial charge in [-0.2, -0.15) is 18.3 Å². The van der Waals surface area contributed by atoms with Gasteiger partial charge in [-0.1, -0.05) is 18.2 Å². The molecular formula is C18H12F3N5OS. The van der Waals surface area contributed by atoms with Crippen LogP contribution in [0, 0.1) is 6.92 Å². The topological polar surface area (TPSA) is 72.2 Å². The molecule has 3 aromatic heterocycles. The van der Waals surface area contributed by atoms with Crippen LogP contribution in [0.1, 0.15) is 20.9 Å². The second kappa shape index (κ2) is 6.71. The van der Waals surface area contributed by atoms with Gasteiger partial charge in [0, 0.05) is 28.9 Å². The van der Waals surface area contributed by atoms with E-state index in [9.17, 15) is 18.0 Å². The fraction of sp³-hybridized carbons (Fsp3) is 0.111. The van der Waals surface area contributed by atoms with Crippen LogP contribution < -0.4 is 5.32 Å².